The lowest BCUT2D eigenvalue weighted by Crippen LogP contribution is -2.19. The number of aromatic hydroxyl groups is 1. The van der Waals surface area contributed by atoms with E-state index in [0.29, 0.717) is 49.0 Å². The summed E-state index contributed by atoms with van der Waals surface area (Å²) in [5, 5.41) is 32.6. The van der Waals surface area contributed by atoms with Crippen LogP contribution in [-0.2, 0) is 19.4 Å². The Labute approximate surface area is 131 Å². The molecule has 0 fully saturated rings. The molecule has 122 valence electrons. The summed E-state index contributed by atoms with van der Waals surface area (Å²) in [6.45, 7) is 0.620. The van der Waals surface area contributed by atoms with Gasteiger partial charge in [-0.2, -0.15) is 5.10 Å². The normalized spacial score (nSPS) is 13.3. The second-order valence-corrected chi connectivity index (χ2v) is 5.50. The van der Waals surface area contributed by atoms with Crippen molar-refractivity contribution in [3.63, 3.8) is 0 Å². The van der Waals surface area contributed by atoms with Gasteiger partial charge in [-0.15, -0.1) is 0 Å². The molecule has 2 aromatic heterocycles. The van der Waals surface area contributed by atoms with Gasteiger partial charge in [0.2, 0.25) is 0 Å². The van der Waals surface area contributed by atoms with Crippen LogP contribution in [0.4, 0.5) is 0 Å². The van der Waals surface area contributed by atoms with Crippen LogP contribution >= 0.6 is 0 Å². The zero-order valence-electron chi connectivity index (χ0n) is 12.4. The Kier molecular flexibility index (Phi) is 3.91. The minimum absolute atomic E-state index is 0.0603. The molecule has 0 atom stereocenters. The van der Waals surface area contributed by atoms with E-state index in [9.17, 15) is 14.7 Å². The minimum atomic E-state index is -1.45. The van der Waals surface area contributed by atoms with Gasteiger partial charge in [-0.25, -0.2) is 4.79 Å². The maximum atomic E-state index is 12.0. The van der Waals surface area contributed by atoms with Crippen LogP contribution in [-0.4, -0.2) is 42.7 Å². The molecule has 1 aliphatic carbocycles. The van der Waals surface area contributed by atoms with Gasteiger partial charge in [-0.1, -0.05) is 0 Å². The molecule has 0 saturated carbocycles. The Bertz CT molecular complexity index is 821. The number of carboxylic acids is 1. The fourth-order valence-corrected chi connectivity index (χ4v) is 3.03. The molecule has 2 heterocycles. The fraction of sp³-hybridized carbons (Fsp3) is 0.400. The Morgan fingerprint density at radius 3 is 2.87 bits per heavy atom. The topological polar surface area (TPSA) is 128 Å². The Morgan fingerprint density at radius 2 is 2.17 bits per heavy atom. The molecule has 0 radical (unpaired) electrons. The van der Waals surface area contributed by atoms with Crippen molar-refractivity contribution in [1.82, 2.24) is 14.8 Å². The molecule has 0 aliphatic heterocycles. The zero-order valence-corrected chi connectivity index (χ0v) is 12.4. The largest absolute Gasteiger partial charge is 0.506 e. The predicted molar refractivity (Wildman–Crippen MR) is 80.6 cm³/mol. The van der Waals surface area contributed by atoms with Crippen molar-refractivity contribution in [2.45, 2.75) is 32.2 Å². The van der Waals surface area contributed by atoms with E-state index >= 15 is 0 Å². The molecule has 8 heteroatoms. The maximum absolute atomic E-state index is 12.0. The minimum Gasteiger partial charge on any atom is -0.506 e. The van der Waals surface area contributed by atoms with E-state index in [-0.39, 0.29) is 6.61 Å². The lowest BCUT2D eigenvalue weighted by Gasteiger charge is -2.10. The van der Waals surface area contributed by atoms with Crippen molar-refractivity contribution in [2.75, 3.05) is 6.61 Å². The summed E-state index contributed by atoms with van der Waals surface area (Å²) >= 11 is 0. The first-order chi connectivity index (χ1) is 11.0. The number of carbonyl (C=O) groups is 1. The number of aromatic nitrogens is 3. The van der Waals surface area contributed by atoms with Crippen LogP contribution in [0.3, 0.4) is 0 Å². The van der Waals surface area contributed by atoms with Crippen molar-refractivity contribution in [2.24, 2.45) is 0 Å². The molecule has 0 bridgehead atoms. The molecular formula is C15H17N3O5. The molecular weight excluding hydrogens is 302 g/mol. The van der Waals surface area contributed by atoms with Crippen LogP contribution in [0.2, 0.25) is 0 Å². The quantitative estimate of drug-likeness (QED) is 0.650. The smallest absolute Gasteiger partial charge is 0.345 e. The maximum Gasteiger partial charge on any atom is 0.345 e. The summed E-state index contributed by atoms with van der Waals surface area (Å²) in [5.41, 5.74) is 1.02. The van der Waals surface area contributed by atoms with E-state index in [1.54, 1.807) is 10.9 Å². The van der Waals surface area contributed by atoms with Crippen LogP contribution in [0.1, 0.15) is 34.5 Å². The number of carboxylic acid groups (broad SMARTS) is 1. The van der Waals surface area contributed by atoms with Gasteiger partial charge in [0.1, 0.15) is 5.75 Å². The van der Waals surface area contributed by atoms with E-state index in [1.807, 2.05) is 0 Å². The molecule has 23 heavy (non-hydrogen) atoms. The summed E-state index contributed by atoms with van der Waals surface area (Å²) in [5.74, 6) is -1.91. The van der Waals surface area contributed by atoms with Gasteiger partial charge in [0.05, 0.1) is 11.9 Å². The van der Waals surface area contributed by atoms with Crippen LogP contribution in [0.25, 0.3) is 11.3 Å². The highest BCUT2D eigenvalue weighted by Gasteiger charge is 2.27. The van der Waals surface area contributed by atoms with E-state index in [1.165, 1.54) is 0 Å². The fourth-order valence-electron chi connectivity index (χ4n) is 3.03. The van der Waals surface area contributed by atoms with Crippen molar-refractivity contribution in [3.8, 4) is 17.0 Å². The van der Waals surface area contributed by atoms with Gasteiger partial charge >= 0.3 is 5.97 Å². The van der Waals surface area contributed by atoms with Gasteiger partial charge in [-0.3, -0.25) is 9.48 Å². The lowest BCUT2D eigenvalue weighted by molar-refractivity contribution is 0.0691. The van der Waals surface area contributed by atoms with Gasteiger partial charge in [0.15, 0.2) is 5.56 Å². The summed E-state index contributed by atoms with van der Waals surface area (Å²) in [4.78, 5) is 25.7. The van der Waals surface area contributed by atoms with Crippen LogP contribution in [0, 0.1) is 0 Å². The van der Waals surface area contributed by atoms with Crippen LogP contribution in [0.5, 0.6) is 5.75 Å². The van der Waals surface area contributed by atoms with E-state index in [2.05, 4.69) is 10.1 Å². The number of aromatic carboxylic acids is 1. The van der Waals surface area contributed by atoms with Gasteiger partial charge < -0.3 is 20.3 Å². The Balaban J connectivity index is 2.18. The third kappa shape index (κ3) is 2.50. The van der Waals surface area contributed by atoms with Crippen molar-refractivity contribution in [3.05, 3.63) is 33.4 Å². The highest BCUT2D eigenvalue weighted by molar-refractivity contribution is 5.92. The average Bonchev–Trinajstić information content (AvgIpc) is 2.80. The van der Waals surface area contributed by atoms with Crippen molar-refractivity contribution in [1.29, 1.82) is 0 Å². The number of nitrogens with zero attached hydrogens (tertiary/aromatic N) is 2. The second kappa shape index (κ2) is 5.88. The van der Waals surface area contributed by atoms with E-state index in [4.69, 9.17) is 10.2 Å². The monoisotopic (exact) mass is 319 g/mol. The molecule has 0 spiro atoms. The zero-order chi connectivity index (χ0) is 16.6. The number of H-pyrrole nitrogens is 1. The number of fused-ring (bicyclic) bond motifs is 3. The highest BCUT2D eigenvalue weighted by Crippen LogP contribution is 2.35. The number of aliphatic hydroxyl groups excluding tert-OH is 1. The third-order valence-corrected chi connectivity index (χ3v) is 4.09. The number of hydrogen-bond donors (Lipinski definition) is 4. The number of aliphatic hydroxyl groups is 1. The average molecular weight is 319 g/mol. The summed E-state index contributed by atoms with van der Waals surface area (Å²) in [6.07, 6.45) is 4.03. The molecule has 2 aromatic rings. The molecule has 0 aromatic carbocycles. The molecule has 0 amide bonds. The lowest BCUT2D eigenvalue weighted by atomic mass is 10.0. The SMILES string of the molecule is O=C(O)c1c(O)c2c([nH]c1=O)-c1cnn(CCCO)c1CCC2. The predicted octanol–water partition coefficient (Wildman–Crippen LogP) is 0.513. The summed E-state index contributed by atoms with van der Waals surface area (Å²) in [7, 11) is 0. The first kappa shape index (κ1) is 15.3. The van der Waals surface area contributed by atoms with Gasteiger partial charge in [0, 0.05) is 30.0 Å². The molecule has 8 nitrogen and oxygen atoms in total. The van der Waals surface area contributed by atoms with Crippen LogP contribution < -0.4 is 5.56 Å². The molecule has 3 rings (SSSR count). The number of hydrogen-bond acceptors (Lipinski definition) is 5. The first-order valence-electron chi connectivity index (χ1n) is 7.42. The molecule has 0 unspecified atom stereocenters. The summed E-state index contributed by atoms with van der Waals surface area (Å²) < 4.78 is 1.78. The number of aryl methyl sites for hydroxylation is 1. The van der Waals surface area contributed by atoms with Crippen molar-refractivity contribution < 1.29 is 20.1 Å². The Morgan fingerprint density at radius 1 is 1.39 bits per heavy atom. The van der Waals surface area contributed by atoms with Crippen molar-refractivity contribution >= 4 is 5.97 Å². The second-order valence-electron chi connectivity index (χ2n) is 5.50. The highest BCUT2D eigenvalue weighted by atomic mass is 16.4. The van der Waals surface area contributed by atoms with Gasteiger partial charge in [0.25, 0.3) is 5.56 Å². The number of rotatable bonds is 4. The molecule has 4 N–H and O–H groups in total. The van der Waals surface area contributed by atoms with Crippen LogP contribution in [0.15, 0.2) is 11.0 Å². The number of pyridine rings is 1. The molecule has 1 aliphatic rings. The van der Waals surface area contributed by atoms with E-state index < -0.39 is 22.8 Å². The summed E-state index contributed by atoms with van der Waals surface area (Å²) in [6, 6.07) is 0. The van der Waals surface area contributed by atoms with Gasteiger partial charge in [-0.05, 0) is 25.7 Å². The third-order valence-electron chi connectivity index (χ3n) is 4.09. The Hall–Kier alpha value is -2.61. The molecule has 0 saturated heterocycles. The number of aromatic amines is 1. The number of nitrogens with one attached hydrogen (secondary N) is 1. The standard InChI is InChI=1S/C15H17N3O5/c19-6-2-5-18-10-4-1-3-8-12(9(10)7-16-18)17-14(21)11(13(8)20)15(22)23/h7,19H,1-6H2,(H,22,23)(H2,17,20,21). The first-order valence-corrected chi connectivity index (χ1v) is 7.42. The van der Waals surface area contributed by atoms with E-state index in [0.717, 1.165) is 5.69 Å².